The van der Waals surface area contributed by atoms with Gasteiger partial charge in [0.05, 0.1) is 0 Å². The highest BCUT2D eigenvalue weighted by atomic mass is 16.4. The third kappa shape index (κ3) is 2.68. The summed E-state index contributed by atoms with van der Waals surface area (Å²) in [5.74, 6) is 2.11. The van der Waals surface area contributed by atoms with Crippen LogP contribution in [0.1, 0.15) is 31.1 Å². The predicted octanol–water partition coefficient (Wildman–Crippen LogP) is 1.45. The quantitative estimate of drug-likeness (QED) is 0.845. The molecule has 1 aliphatic heterocycles. The molecule has 1 saturated heterocycles. The van der Waals surface area contributed by atoms with Gasteiger partial charge >= 0.3 is 6.01 Å². The minimum absolute atomic E-state index is 0.507. The van der Waals surface area contributed by atoms with Gasteiger partial charge in [-0.25, -0.2) is 9.97 Å². The van der Waals surface area contributed by atoms with Crippen LogP contribution in [0, 0.1) is 0 Å². The van der Waals surface area contributed by atoms with Crippen LogP contribution in [0.4, 0.5) is 12.0 Å². The molecule has 0 spiro atoms. The molecule has 3 heterocycles. The second-order valence-electron chi connectivity index (χ2n) is 5.57. The largest absolute Gasteiger partial charge is 0.408 e. The summed E-state index contributed by atoms with van der Waals surface area (Å²) in [6.07, 6.45) is 6.96. The molecule has 0 radical (unpaired) electrons. The maximum absolute atomic E-state index is 5.80. The lowest BCUT2D eigenvalue weighted by atomic mass is 10.4. The Morgan fingerprint density at radius 3 is 2.52 bits per heavy atom. The van der Waals surface area contributed by atoms with Crippen LogP contribution in [0.25, 0.3) is 0 Å². The first kappa shape index (κ1) is 12.6. The molecule has 21 heavy (non-hydrogen) atoms. The Morgan fingerprint density at radius 1 is 0.952 bits per heavy atom. The fourth-order valence-electron chi connectivity index (χ4n) is 2.61. The average molecular weight is 286 g/mol. The molecule has 0 bridgehead atoms. The molecular weight excluding hydrogens is 268 g/mol. The SMILES string of the molecule is c1cnc(N2CCCN(c3nnc(C4CC4)o3)CC2)nc1. The van der Waals surface area contributed by atoms with E-state index < -0.39 is 0 Å². The zero-order valence-corrected chi connectivity index (χ0v) is 11.9. The molecule has 2 aromatic rings. The maximum Gasteiger partial charge on any atom is 0.318 e. The van der Waals surface area contributed by atoms with Gasteiger partial charge < -0.3 is 14.2 Å². The van der Waals surface area contributed by atoms with E-state index in [0.29, 0.717) is 11.9 Å². The summed E-state index contributed by atoms with van der Waals surface area (Å²) < 4.78 is 5.80. The highest BCUT2D eigenvalue weighted by Gasteiger charge is 2.30. The van der Waals surface area contributed by atoms with Gasteiger partial charge in [-0.15, -0.1) is 5.10 Å². The lowest BCUT2D eigenvalue weighted by molar-refractivity contribution is 0.486. The Labute approximate surface area is 123 Å². The smallest absolute Gasteiger partial charge is 0.318 e. The summed E-state index contributed by atoms with van der Waals surface area (Å²) in [7, 11) is 0. The second-order valence-corrected chi connectivity index (χ2v) is 5.57. The molecule has 0 N–H and O–H groups in total. The number of aromatic nitrogens is 4. The van der Waals surface area contributed by atoms with Crippen molar-refractivity contribution in [1.82, 2.24) is 20.2 Å². The predicted molar refractivity (Wildman–Crippen MR) is 77.3 cm³/mol. The molecule has 110 valence electrons. The summed E-state index contributed by atoms with van der Waals surface area (Å²) in [6, 6.07) is 2.50. The Bertz CT molecular complexity index is 597. The molecule has 4 rings (SSSR count). The Hall–Kier alpha value is -2.18. The van der Waals surface area contributed by atoms with E-state index in [1.54, 1.807) is 12.4 Å². The Balaban J connectivity index is 1.44. The first-order valence-electron chi connectivity index (χ1n) is 7.50. The number of hydrogen-bond donors (Lipinski definition) is 0. The molecule has 7 heteroatoms. The van der Waals surface area contributed by atoms with Crippen molar-refractivity contribution in [2.45, 2.75) is 25.2 Å². The van der Waals surface area contributed by atoms with Gasteiger partial charge in [0.1, 0.15) is 0 Å². The molecule has 2 fully saturated rings. The van der Waals surface area contributed by atoms with Crippen LogP contribution in [0.3, 0.4) is 0 Å². The van der Waals surface area contributed by atoms with Gasteiger partial charge in [-0.2, -0.15) is 0 Å². The van der Waals surface area contributed by atoms with Crippen molar-refractivity contribution in [2.24, 2.45) is 0 Å². The van der Waals surface area contributed by atoms with Crippen LogP contribution in [0.2, 0.25) is 0 Å². The van der Waals surface area contributed by atoms with Crippen LogP contribution >= 0.6 is 0 Å². The van der Waals surface area contributed by atoms with E-state index in [9.17, 15) is 0 Å². The Kier molecular flexibility index (Phi) is 3.17. The maximum atomic E-state index is 5.80. The monoisotopic (exact) mass is 286 g/mol. The van der Waals surface area contributed by atoms with Gasteiger partial charge in [-0.05, 0) is 25.3 Å². The third-order valence-corrected chi connectivity index (χ3v) is 3.96. The standard InChI is InChI=1S/C14H18N6O/c1-5-15-13(16-6-1)19-7-2-8-20(10-9-19)14-18-17-12(21-14)11-3-4-11/h1,5-6,11H,2-4,7-10H2. The van der Waals surface area contributed by atoms with Gasteiger partial charge in [0.25, 0.3) is 0 Å². The number of hydrogen-bond acceptors (Lipinski definition) is 7. The van der Waals surface area contributed by atoms with Crippen molar-refractivity contribution in [1.29, 1.82) is 0 Å². The van der Waals surface area contributed by atoms with Crippen LogP contribution in [0.15, 0.2) is 22.9 Å². The van der Waals surface area contributed by atoms with E-state index in [-0.39, 0.29) is 0 Å². The van der Waals surface area contributed by atoms with E-state index in [4.69, 9.17) is 4.42 Å². The van der Waals surface area contributed by atoms with Crippen molar-refractivity contribution in [3.8, 4) is 0 Å². The third-order valence-electron chi connectivity index (χ3n) is 3.96. The molecule has 0 amide bonds. The lowest BCUT2D eigenvalue weighted by Crippen LogP contribution is -2.31. The van der Waals surface area contributed by atoms with E-state index in [0.717, 1.165) is 44.4 Å². The highest BCUT2D eigenvalue weighted by Crippen LogP contribution is 2.39. The van der Waals surface area contributed by atoms with Crippen LogP contribution in [-0.4, -0.2) is 46.3 Å². The van der Waals surface area contributed by atoms with Gasteiger partial charge in [0, 0.05) is 44.5 Å². The van der Waals surface area contributed by atoms with Crippen LogP contribution in [-0.2, 0) is 0 Å². The molecule has 1 saturated carbocycles. The first-order valence-corrected chi connectivity index (χ1v) is 7.50. The minimum Gasteiger partial charge on any atom is -0.408 e. The zero-order chi connectivity index (χ0) is 14.1. The molecule has 1 aliphatic carbocycles. The van der Waals surface area contributed by atoms with Gasteiger partial charge in [-0.1, -0.05) is 5.10 Å². The van der Waals surface area contributed by atoms with Crippen LogP contribution in [0.5, 0.6) is 0 Å². The summed E-state index contributed by atoms with van der Waals surface area (Å²) in [5, 5.41) is 8.36. The fourth-order valence-corrected chi connectivity index (χ4v) is 2.61. The van der Waals surface area contributed by atoms with Crippen molar-refractivity contribution >= 4 is 12.0 Å². The van der Waals surface area contributed by atoms with Gasteiger partial charge in [0.2, 0.25) is 11.8 Å². The summed E-state index contributed by atoms with van der Waals surface area (Å²) in [5.41, 5.74) is 0. The summed E-state index contributed by atoms with van der Waals surface area (Å²) >= 11 is 0. The topological polar surface area (TPSA) is 71.2 Å². The number of nitrogens with zero attached hydrogens (tertiary/aromatic N) is 6. The fraction of sp³-hybridized carbons (Fsp3) is 0.571. The minimum atomic E-state index is 0.507. The van der Waals surface area contributed by atoms with Gasteiger partial charge in [-0.3, -0.25) is 0 Å². The van der Waals surface area contributed by atoms with Crippen molar-refractivity contribution < 1.29 is 4.42 Å². The summed E-state index contributed by atoms with van der Waals surface area (Å²) in [6.45, 7) is 3.59. The molecule has 0 aromatic carbocycles. The summed E-state index contributed by atoms with van der Waals surface area (Å²) in [4.78, 5) is 13.0. The zero-order valence-electron chi connectivity index (χ0n) is 11.9. The number of anilines is 2. The first-order chi connectivity index (χ1) is 10.4. The van der Waals surface area contributed by atoms with Crippen molar-refractivity contribution in [3.05, 3.63) is 24.4 Å². The normalized spacial score (nSPS) is 19.6. The lowest BCUT2D eigenvalue weighted by Gasteiger charge is -2.20. The molecule has 7 nitrogen and oxygen atoms in total. The number of rotatable bonds is 3. The molecule has 2 aliphatic rings. The van der Waals surface area contributed by atoms with E-state index in [2.05, 4.69) is 30.0 Å². The molecule has 2 aromatic heterocycles. The van der Waals surface area contributed by atoms with Gasteiger partial charge in [0.15, 0.2) is 0 Å². The molecule has 0 atom stereocenters. The highest BCUT2D eigenvalue weighted by molar-refractivity contribution is 5.32. The van der Waals surface area contributed by atoms with E-state index >= 15 is 0 Å². The molecule has 0 unspecified atom stereocenters. The Morgan fingerprint density at radius 2 is 1.71 bits per heavy atom. The second kappa shape index (κ2) is 5.31. The van der Waals surface area contributed by atoms with Crippen LogP contribution < -0.4 is 9.80 Å². The van der Waals surface area contributed by atoms with Crippen molar-refractivity contribution in [3.63, 3.8) is 0 Å². The van der Waals surface area contributed by atoms with Crippen molar-refractivity contribution in [2.75, 3.05) is 36.0 Å². The van der Waals surface area contributed by atoms with E-state index in [1.165, 1.54) is 12.8 Å². The van der Waals surface area contributed by atoms with E-state index in [1.807, 2.05) is 6.07 Å². The average Bonchev–Trinajstić information content (AvgIpc) is 3.32. The molecular formula is C14H18N6O.